The van der Waals surface area contributed by atoms with Crippen molar-refractivity contribution in [3.63, 3.8) is 0 Å². The second-order valence-corrected chi connectivity index (χ2v) is 5.40. The van der Waals surface area contributed by atoms with Crippen molar-refractivity contribution in [2.75, 3.05) is 0 Å². The molecule has 1 N–H and O–H groups in total. The topological polar surface area (TPSA) is 72.7 Å². The molecule has 0 bridgehead atoms. The maximum Gasteiger partial charge on any atom is 0.243 e. The summed E-state index contributed by atoms with van der Waals surface area (Å²) >= 11 is 6.07. The number of amides is 1. The molecule has 122 valence electrons. The predicted octanol–water partition coefficient (Wildman–Crippen LogP) is 2.45. The Hall–Kier alpha value is -2.80. The van der Waals surface area contributed by atoms with E-state index in [1.807, 2.05) is 6.07 Å². The summed E-state index contributed by atoms with van der Waals surface area (Å²) in [5.41, 5.74) is 1.05. The third-order valence-corrected chi connectivity index (χ3v) is 3.62. The highest BCUT2D eigenvalue weighted by Gasteiger charge is 2.11. The molecule has 0 aliphatic carbocycles. The molecular weight excluding hydrogens is 333 g/mol. The van der Waals surface area contributed by atoms with Crippen LogP contribution in [0.4, 0.5) is 4.39 Å². The summed E-state index contributed by atoms with van der Waals surface area (Å²) in [5, 5.41) is 15.0. The van der Waals surface area contributed by atoms with Gasteiger partial charge >= 0.3 is 0 Å². The fourth-order valence-corrected chi connectivity index (χ4v) is 2.30. The lowest BCUT2D eigenvalue weighted by atomic mass is 10.2. The van der Waals surface area contributed by atoms with Gasteiger partial charge in [-0.2, -0.15) is 4.80 Å². The van der Waals surface area contributed by atoms with Crippen molar-refractivity contribution in [3.05, 3.63) is 64.9 Å². The van der Waals surface area contributed by atoms with E-state index in [4.69, 9.17) is 11.6 Å². The zero-order valence-electron chi connectivity index (χ0n) is 12.5. The van der Waals surface area contributed by atoms with Gasteiger partial charge in [0, 0.05) is 17.7 Å². The van der Waals surface area contributed by atoms with E-state index in [1.54, 1.807) is 36.4 Å². The van der Waals surface area contributed by atoms with Gasteiger partial charge < -0.3 is 5.32 Å². The van der Waals surface area contributed by atoms with Crippen LogP contribution >= 0.6 is 11.6 Å². The number of carbonyl (C=O) groups excluding carboxylic acids is 1. The van der Waals surface area contributed by atoms with E-state index in [1.165, 1.54) is 6.07 Å². The molecule has 8 heteroatoms. The molecule has 6 nitrogen and oxygen atoms in total. The lowest BCUT2D eigenvalue weighted by molar-refractivity contribution is -0.122. The third-order valence-electron chi connectivity index (χ3n) is 3.29. The van der Waals surface area contributed by atoms with Gasteiger partial charge in [0.1, 0.15) is 12.4 Å². The molecule has 0 saturated carbocycles. The van der Waals surface area contributed by atoms with Gasteiger partial charge in [0.2, 0.25) is 11.7 Å². The fraction of sp³-hybridized carbons (Fsp3) is 0.125. The van der Waals surface area contributed by atoms with E-state index >= 15 is 0 Å². The monoisotopic (exact) mass is 345 g/mol. The zero-order valence-corrected chi connectivity index (χ0v) is 13.2. The van der Waals surface area contributed by atoms with E-state index in [2.05, 4.69) is 20.7 Å². The Morgan fingerprint density at radius 1 is 1.17 bits per heavy atom. The molecule has 0 aliphatic heterocycles. The highest BCUT2D eigenvalue weighted by molar-refractivity contribution is 6.33. The van der Waals surface area contributed by atoms with Crippen molar-refractivity contribution >= 4 is 17.5 Å². The Balaban J connectivity index is 1.62. The van der Waals surface area contributed by atoms with Gasteiger partial charge in [0.05, 0.1) is 5.02 Å². The lowest BCUT2D eigenvalue weighted by Gasteiger charge is -2.05. The quantitative estimate of drug-likeness (QED) is 0.771. The Kier molecular flexibility index (Phi) is 4.81. The minimum atomic E-state index is -0.363. The largest absolute Gasteiger partial charge is 0.350 e. The molecule has 0 spiro atoms. The van der Waals surface area contributed by atoms with Crippen LogP contribution in [0.15, 0.2) is 48.5 Å². The maximum atomic E-state index is 13.5. The first kappa shape index (κ1) is 16.1. The van der Waals surface area contributed by atoms with Gasteiger partial charge in [-0.15, -0.1) is 10.2 Å². The average Bonchev–Trinajstić information content (AvgIpc) is 3.03. The first-order valence-corrected chi connectivity index (χ1v) is 7.54. The van der Waals surface area contributed by atoms with Crippen molar-refractivity contribution in [2.45, 2.75) is 13.1 Å². The van der Waals surface area contributed by atoms with Crippen molar-refractivity contribution < 1.29 is 9.18 Å². The van der Waals surface area contributed by atoms with E-state index in [0.717, 1.165) is 4.80 Å². The fourth-order valence-electron chi connectivity index (χ4n) is 2.08. The van der Waals surface area contributed by atoms with E-state index in [-0.39, 0.29) is 24.8 Å². The number of hydrogen-bond acceptors (Lipinski definition) is 4. The van der Waals surface area contributed by atoms with E-state index in [0.29, 0.717) is 22.0 Å². The van der Waals surface area contributed by atoms with Crippen LogP contribution in [0.2, 0.25) is 5.02 Å². The number of rotatable bonds is 5. The number of hydrogen-bond donors (Lipinski definition) is 1. The number of benzene rings is 2. The van der Waals surface area contributed by atoms with Gasteiger partial charge in [-0.05, 0) is 23.4 Å². The molecule has 3 aromatic rings. The van der Waals surface area contributed by atoms with Gasteiger partial charge in [-0.1, -0.05) is 41.9 Å². The second-order valence-electron chi connectivity index (χ2n) is 4.99. The number of nitrogens with zero attached hydrogens (tertiary/aromatic N) is 4. The summed E-state index contributed by atoms with van der Waals surface area (Å²) in [6.07, 6.45) is 0. The summed E-state index contributed by atoms with van der Waals surface area (Å²) in [4.78, 5) is 13.1. The molecular formula is C16H13ClFN5O. The summed E-state index contributed by atoms with van der Waals surface area (Å²) in [5.74, 6) is -0.374. The molecule has 1 aromatic heterocycles. The van der Waals surface area contributed by atoms with Crippen LogP contribution < -0.4 is 5.32 Å². The Morgan fingerprint density at radius 3 is 2.71 bits per heavy atom. The highest BCUT2D eigenvalue weighted by Crippen LogP contribution is 2.23. The Bertz CT molecular complexity index is 867. The third kappa shape index (κ3) is 3.75. The molecule has 2 aromatic carbocycles. The highest BCUT2D eigenvalue weighted by atomic mass is 35.5. The molecule has 0 radical (unpaired) electrons. The van der Waals surface area contributed by atoms with Crippen LogP contribution in [0.3, 0.4) is 0 Å². The van der Waals surface area contributed by atoms with Gasteiger partial charge in [0.15, 0.2) is 0 Å². The van der Waals surface area contributed by atoms with Crippen LogP contribution in [-0.2, 0) is 17.9 Å². The van der Waals surface area contributed by atoms with Crippen molar-refractivity contribution in [2.24, 2.45) is 0 Å². The minimum absolute atomic E-state index is 0.0948. The first-order valence-electron chi connectivity index (χ1n) is 7.16. The summed E-state index contributed by atoms with van der Waals surface area (Å²) in [6, 6.07) is 13.3. The zero-order chi connectivity index (χ0) is 16.9. The first-order chi connectivity index (χ1) is 11.6. The molecule has 0 unspecified atom stereocenters. The van der Waals surface area contributed by atoms with Crippen LogP contribution in [0.25, 0.3) is 11.4 Å². The standard InChI is InChI=1S/C16H13ClFN5O/c17-13-7-3-2-6-12(13)16-20-22-23(21-16)10-15(24)19-9-11-5-1-4-8-14(11)18/h1-8H,9-10H2,(H,19,24). The summed E-state index contributed by atoms with van der Waals surface area (Å²) in [6.45, 7) is -0.0243. The molecule has 0 aliphatic rings. The van der Waals surface area contributed by atoms with Crippen molar-refractivity contribution in [1.82, 2.24) is 25.5 Å². The van der Waals surface area contributed by atoms with Crippen molar-refractivity contribution in [1.29, 1.82) is 0 Å². The molecule has 0 atom stereocenters. The number of carbonyl (C=O) groups is 1. The second kappa shape index (κ2) is 7.18. The summed E-state index contributed by atoms with van der Waals surface area (Å²) in [7, 11) is 0. The molecule has 3 rings (SSSR count). The molecule has 1 amide bonds. The average molecular weight is 346 g/mol. The van der Waals surface area contributed by atoms with Crippen molar-refractivity contribution in [3.8, 4) is 11.4 Å². The van der Waals surface area contributed by atoms with Crippen LogP contribution in [-0.4, -0.2) is 26.1 Å². The van der Waals surface area contributed by atoms with Gasteiger partial charge in [0.25, 0.3) is 0 Å². The number of tetrazole rings is 1. The van der Waals surface area contributed by atoms with Gasteiger partial charge in [-0.25, -0.2) is 4.39 Å². The minimum Gasteiger partial charge on any atom is -0.350 e. The Morgan fingerprint density at radius 2 is 1.92 bits per heavy atom. The molecule has 0 fully saturated rings. The lowest BCUT2D eigenvalue weighted by Crippen LogP contribution is -2.28. The van der Waals surface area contributed by atoms with Gasteiger partial charge in [-0.3, -0.25) is 4.79 Å². The van der Waals surface area contributed by atoms with Crippen LogP contribution in [0, 0.1) is 5.82 Å². The molecule has 0 saturated heterocycles. The number of halogens is 2. The molecule has 24 heavy (non-hydrogen) atoms. The van der Waals surface area contributed by atoms with E-state index < -0.39 is 0 Å². The van der Waals surface area contributed by atoms with Crippen LogP contribution in [0.1, 0.15) is 5.56 Å². The van der Waals surface area contributed by atoms with Crippen LogP contribution in [0.5, 0.6) is 0 Å². The number of nitrogens with one attached hydrogen (secondary N) is 1. The number of aromatic nitrogens is 4. The predicted molar refractivity (Wildman–Crippen MR) is 86.5 cm³/mol. The smallest absolute Gasteiger partial charge is 0.243 e. The Labute approximate surface area is 142 Å². The summed E-state index contributed by atoms with van der Waals surface area (Å²) < 4.78 is 13.5. The molecule has 1 heterocycles. The normalized spacial score (nSPS) is 10.6. The van der Waals surface area contributed by atoms with E-state index in [9.17, 15) is 9.18 Å². The maximum absolute atomic E-state index is 13.5. The SMILES string of the molecule is O=C(Cn1nnc(-c2ccccc2Cl)n1)NCc1ccccc1F.